The van der Waals surface area contributed by atoms with E-state index in [4.69, 9.17) is 0 Å². The summed E-state index contributed by atoms with van der Waals surface area (Å²) in [5.74, 6) is -0.470. The van der Waals surface area contributed by atoms with Gasteiger partial charge < -0.3 is 10.4 Å². The van der Waals surface area contributed by atoms with Crippen molar-refractivity contribution < 1.29 is 14.7 Å². The highest BCUT2D eigenvalue weighted by Gasteiger charge is 2.45. The van der Waals surface area contributed by atoms with Crippen LogP contribution in [0.3, 0.4) is 0 Å². The number of aliphatic hydroxyl groups is 1. The van der Waals surface area contributed by atoms with Crippen LogP contribution in [0.25, 0.3) is 0 Å². The normalized spacial score (nSPS) is 11.1. The predicted octanol–water partition coefficient (Wildman–Crippen LogP) is 3.38. The Morgan fingerprint density at radius 3 is 1.57 bits per heavy atom. The van der Waals surface area contributed by atoms with Crippen LogP contribution < -0.4 is 5.32 Å². The number of aliphatic hydroxyl groups excluding tert-OH is 1. The molecule has 3 rings (SSSR count). The lowest BCUT2D eigenvalue weighted by atomic mass is 9.71. The standard InChI is InChI=1S/C26H27NO3/c28-17-16-27-25(30)26(19-22-12-6-2-7-13-22,20-23-14-8-3-9-15-23)24(29)18-21-10-4-1-5-11-21/h1-15,28H,16-20H2,(H,27,30). The average Bonchev–Trinajstić information content (AvgIpc) is 2.79. The van der Waals surface area contributed by atoms with Gasteiger partial charge >= 0.3 is 0 Å². The number of carbonyl (C=O) groups is 2. The van der Waals surface area contributed by atoms with E-state index in [2.05, 4.69) is 5.32 Å². The van der Waals surface area contributed by atoms with Crippen LogP contribution in [-0.2, 0) is 28.9 Å². The maximum absolute atomic E-state index is 13.7. The molecule has 0 saturated heterocycles. The molecule has 0 heterocycles. The summed E-state index contributed by atoms with van der Waals surface area (Å²) in [4.78, 5) is 27.1. The fraction of sp³-hybridized carbons (Fsp3) is 0.231. The Balaban J connectivity index is 2.03. The van der Waals surface area contributed by atoms with Crippen LogP contribution in [0.15, 0.2) is 91.0 Å². The lowest BCUT2D eigenvalue weighted by molar-refractivity contribution is -0.142. The van der Waals surface area contributed by atoms with Crippen LogP contribution in [0, 0.1) is 5.41 Å². The van der Waals surface area contributed by atoms with E-state index < -0.39 is 5.41 Å². The van der Waals surface area contributed by atoms with E-state index in [1.165, 1.54) is 0 Å². The number of Topliss-reactive ketones (excluding diaryl/α,β-unsaturated/α-hetero) is 1. The average molecular weight is 402 g/mol. The van der Waals surface area contributed by atoms with Crippen LogP contribution in [0.5, 0.6) is 0 Å². The number of carbonyl (C=O) groups excluding carboxylic acids is 2. The van der Waals surface area contributed by atoms with E-state index in [1.807, 2.05) is 91.0 Å². The molecule has 0 atom stereocenters. The van der Waals surface area contributed by atoms with Gasteiger partial charge in [0.2, 0.25) is 5.91 Å². The molecule has 30 heavy (non-hydrogen) atoms. The number of benzene rings is 3. The third-order valence-corrected chi connectivity index (χ3v) is 5.27. The largest absolute Gasteiger partial charge is 0.395 e. The Morgan fingerprint density at radius 2 is 1.13 bits per heavy atom. The summed E-state index contributed by atoms with van der Waals surface area (Å²) >= 11 is 0. The SMILES string of the molecule is O=C(Cc1ccccc1)C(Cc1ccccc1)(Cc1ccccc1)C(=O)NCCO. The minimum Gasteiger partial charge on any atom is -0.395 e. The van der Waals surface area contributed by atoms with Crippen LogP contribution in [0.1, 0.15) is 16.7 Å². The maximum Gasteiger partial charge on any atom is 0.234 e. The maximum atomic E-state index is 13.7. The number of hydrogen-bond donors (Lipinski definition) is 2. The van der Waals surface area contributed by atoms with Crippen molar-refractivity contribution in [1.29, 1.82) is 0 Å². The van der Waals surface area contributed by atoms with E-state index >= 15 is 0 Å². The number of hydrogen-bond acceptors (Lipinski definition) is 3. The van der Waals surface area contributed by atoms with Gasteiger partial charge in [0, 0.05) is 13.0 Å². The molecule has 0 fully saturated rings. The van der Waals surface area contributed by atoms with Crippen molar-refractivity contribution in [3.05, 3.63) is 108 Å². The summed E-state index contributed by atoms with van der Waals surface area (Å²) < 4.78 is 0. The molecular formula is C26H27NO3. The molecule has 0 unspecified atom stereocenters. The molecule has 0 aliphatic rings. The summed E-state index contributed by atoms with van der Waals surface area (Å²) in [5.41, 5.74) is 1.46. The number of rotatable bonds is 10. The van der Waals surface area contributed by atoms with E-state index in [0.717, 1.165) is 16.7 Å². The third kappa shape index (κ3) is 5.43. The second kappa shape index (κ2) is 10.5. The lowest BCUT2D eigenvalue weighted by Crippen LogP contribution is -2.51. The molecule has 0 aromatic heterocycles. The van der Waals surface area contributed by atoms with Gasteiger partial charge in [0.15, 0.2) is 5.78 Å². The van der Waals surface area contributed by atoms with Gasteiger partial charge in [-0.25, -0.2) is 0 Å². The number of ketones is 1. The van der Waals surface area contributed by atoms with Gasteiger partial charge in [-0.2, -0.15) is 0 Å². The Bertz CT molecular complexity index is 898. The summed E-state index contributed by atoms with van der Waals surface area (Å²) in [6, 6.07) is 28.7. The van der Waals surface area contributed by atoms with Gasteiger partial charge in [-0.15, -0.1) is 0 Å². The molecular weight excluding hydrogens is 374 g/mol. The number of amides is 1. The van der Waals surface area contributed by atoms with Crippen molar-refractivity contribution >= 4 is 11.7 Å². The molecule has 1 amide bonds. The van der Waals surface area contributed by atoms with Crippen LogP contribution in [-0.4, -0.2) is 29.9 Å². The zero-order chi connectivity index (χ0) is 21.2. The van der Waals surface area contributed by atoms with Gasteiger partial charge in [-0.3, -0.25) is 9.59 Å². The fourth-order valence-electron chi connectivity index (χ4n) is 3.72. The molecule has 0 bridgehead atoms. The van der Waals surface area contributed by atoms with Gasteiger partial charge in [-0.1, -0.05) is 91.0 Å². The molecule has 0 aliphatic heterocycles. The smallest absolute Gasteiger partial charge is 0.234 e. The van der Waals surface area contributed by atoms with E-state index in [9.17, 15) is 14.7 Å². The fourth-order valence-corrected chi connectivity index (χ4v) is 3.72. The van der Waals surface area contributed by atoms with Gasteiger partial charge in [-0.05, 0) is 29.5 Å². The Morgan fingerprint density at radius 1 is 0.700 bits per heavy atom. The van der Waals surface area contributed by atoms with Crippen molar-refractivity contribution in [3.8, 4) is 0 Å². The minimum atomic E-state index is -1.27. The van der Waals surface area contributed by atoms with Crippen molar-refractivity contribution in [2.45, 2.75) is 19.3 Å². The van der Waals surface area contributed by atoms with Crippen LogP contribution in [0.4, 0.5) is 0 Å². The van der Waals surface area contributed by atoms with Crippen LogP contribution >= 0.6 is 0 Å². The quantitative estimate of drug-likeness (QED) is 0.512. The zero-order valence-electron chi connectivity index (χ0n) is 17.0. The van der Waals surface area contributed by atoms with E-state index in [-0.39, 0.29) is 31.3 Å². The first kappa shape index (κ1) is 21.5. The van der Waals surface area contributed by atoms with Crippen molar-refractivity contribution in [2.75, 3.05) is 13.2 Å². The molecule has 4 nitrogen and oxygen atoms in total. The molecule has 0 radical (unpaired) electrons. The molecule has 0 saturated carbocycles. The second-order valence-corrected chi connectivity index (χ2v) is 7.47. The molecule has 2 N–H and O–H groups in total. The highest BCUT2D eigenvalue weighted by molar-refractivity contribution is 6.07. The van der Waals surface area contributed by atoms with Crippen molar-refractivity contribution in [2.24, 2.45) is 5.41 Å². The Kier molecular flexibility index (Phi) is 7.52. The van der Waals surface area contributed by atoms with Gasteiger partial charge in [0.1, 0.15) is 5.41 Å². The zero-order valence-corrected chi connectivity index (χ0v) is 17.0. The van der Waals surface area contributed by atoms with Crippen LogP contribution in [0.2, 0.25) is 0 Å². The lowest BCUT2D eigenvalue weighted by Gasteiger charge is -2.32. The van der Waals surface area contributed by atoms with Crippen molar-refractivity contribution in [1.82, 2.24) is 5.32 Å². The molecule has 0 aliphatic carbocycles. The highest BCUT2D eigenvalue weighted by atomic mass is 16.3. The Labute approximate surface area is 177 Å². The third-order valence-electron chi connectivity index (χ3n) is 5.27. The molecule has 154 valence electrons. The number of nitrogens with one attached hydrogen (secondary N) is 1. The molecule has 3 aromatic carbocycles. The minimum absolute atomic E-state index is 0.114. The summed E-state index contributed by atoms with van der Waals surface area (Å²) in [6.45, 7) is -0.0614. The van der Waals surface area contributed by atoms with Gasteiger partial charge in [0.25, 0.3) is 0 Å². The molecule has 4 heteroatoms. The predicted molar refractivity (Wildman–Crippen MR) is 118 cm³/mol. The molecule has 0 spiro atoms. The topological polar surface area (TPSA) is 66.4 Å². The first-order valence-corrected chi connectivity index (χ1v) is 10.2. The highest BCUT2D eigenvalue weighted by Crippen LogP contribution is 2.31. The summed E-state index contributed by atoms with van der Waals surface area (Å²) in [7, 11) is 0. The Hall–Kier alpha value is -3.24. The van der Waals surface area contributed by atoms with E-state index in [1.54, 1.807) is 0 Å². The van der Waals surface area contributed by atoms with E-state index in [0.29, 0.717) is 12.8 Å². The first-order valence-electron chi connectivity index (χ1n) is 10.2. The van der Waals surface area contributed by atoms with Crippen molar-refractivity contribution in [3.63, 3.8) is 0 Å². The van der Waals surface area contributed by atoms with Gasteiger partial charge in [0.05, 0.1) is 6.61 Å². The summed E-state index contributed by atoms with van der Waals surface area (Å²) in [5, 5.41) is 12.0. The summed E-state index contributed by atoms with van der Waals surface area (Å²) in [6.07, 6.45) is 0.768. The molecule has 3 aromatic rings. The monoisotopic (exact) mass is 401 g/mol. The second-order valence-electron chi connectivity index (χ2n) is 7.47. The first-order chi connectivity index (χ1) is 14.6.